The molecule has 0 saturated heterocycles. The Kier molecular flexibility index (Phi) is 3.16. The molecule has 4 nitrogen and oxygen atoms in total. The molecule has 1 heterocycles. The zero-order chi connectivity index (χ0) is 12.4. The van der Waals surface area contributed by atoms with Gasteiger partial charge in [-0.3, -0.25) is 0 Å². The van der Waals surface area contributed by atoms with Gasteiger partial charge >= 0.3 is 0 Å². The van der Waals surface area contributed by atoms with Gasteiger partial charge < -0.3 is 4.74 Å². The van der Waals surface area contributed by atoms with Crippen molar-refractivity contribution in [3.63, 3.8) is 0 Å². The van der Waals surface area contributed by atoms with E-state index in [1.165, 1.54) is 0 Å². The highest BCUT2D eigenvalue weighted by atomic mass is 79.9. The van der Waals surface area contributed by atoms with Crippen LogP contribution >= 0.6 is 15.9 Å². The van der Waals surface area contributed by atoms with Crippen LogP contribution < -0.4 is 4.74 Å². The minimum atomic E-state index is 0.465. The van der Waals surface area contributed by atoms with Crippen LogP contribution in [0.25, 0.3) is 0 Å². The van der Waals surface area contributed by atoms with Crippen LogP contribution in [0.15, 0.2) is 28.7 Å². The van der Waals surface area contributed by atoms with Gasteiger partial charge in [0, 0.05) is 11.5 Å². The summed E-state index contributed by atoms with van der Waals surface area (Å²) in [4.78, 5) is 0. The molecule has 2 aromatic rings. The van der Waals surface area contributed by atoms with Crippen LogP contribution in [-0.4, -0.2) is 9.78 Å². The number of aryl methyl sites for hydroxylation is 2. The highest BCUT2D eigenvalue weighted by Crippen LogP contribution is 2.27. The van der Waals surface area contributed by atoms with E-state index in [0.29, 0.717) is 22.9 Å². The van der Waals surface area contributed by atoms with Crippen LogP contribution in [0, 0.1) is 18.3 Å². The number of ether oxygens (including phenoxy) is 1. The van der Waals surface area contributed by atoms with Crippen molar-refractivity contribution >= 4 is 15.9 Å². The number of rotatable bonds is 2. The topological polar surface area (TPSA) is 50.8 Å². The monoisotopic (exact) mass is 291 g/mol. The molecule has 0 aliphatic rings. The molecule has 5 heteroatoms. The molecule has 17 heavy (non-hydrogen) atoms. The van der Waals surface area contributed by atoms with Crippen LogP contribution in [0.3, 0.4) is 0 Å². The second kappa shape index (κ2) is 4.60. The average molecular weight is 292 g/mol. The molecule has 1 aromatic carbocycles. The van der Waals surface area contributed by atoms with E-state index >= 15 is 0 Å². The lowest BCUT2D eigenvalue weighted by Gasteiger charge is -2.05. The van der Waals surface area contributed by atoms with E-state index in [9.17, 15) is 0 Å². The normalized spacial score (nSPS) is 10.0. The summed E-state index contributed by atoms with van der Waals surface area (Å²) >= 11 is 3.35. The number of nitriles is 1. The summed E-state index contributed by atoms with van der Waals surface area (Å²) in [5.74, 6) is 1.14. The molecule has 0 bridgehead atoms. The predicted molar refractivity (Wildman–Crippen MR) is 66.9 cm³/mol. The zero-order valence-corrected chi connectivity index (χ0v) is 11.0. The maximum absolute atomic E-state index is 9.04. The number of nitrogens with zero attached hydrogens (tertiary/aromatic N) is 3. The summed E-state index contributed by atoms with van der Waals surface area (Å²) in [6.45, 7) is 1.78. The third-order valence-corrected chi connectivity index (χ3v) is 2.84. The Balaban J connectivity index is 2.36. The molecule has 0 N–H and O–H groups in total. The van der Waals surface area contributed by atoms with Gasteiger partial charge in [0.15, 0.2) is 0 Å². The fourth-order valence-electron chi connectivity index (χ4n) is 1.50. The Bertz CT molecular complexity index is 581. The second-order valence-corrected chi connectivity index (χ2v) is 4.47. The minimum absolute atomic E-state index is 0.465. The SMILES string of the molecule is Cc1nn(C)c(Oc2ccc(Br)cc2)c1C#N. The molecule has 0 saturated carbocycles. The first kappa shape index (κ1) is 11.7. The van der Waals surface area contributed by atoms with Gasteiger partial charge in [0.2, 0.25) is 5.88 Å². The van der Waals surface area contributed by atoms with Crippen LogP contribution in [0.2, 0.25) is 0 Å². The summed E-state index contributed by atoms with van der Waals surface area (Å²) in [6.07, 6.45) is 0. The van der Waals surface area contributed by atoms with Crippen molar-refractivity contribution in [1.29, 1.82) is 5.26 Å². The van der Waals surface area contributed by atoms with E-state index in [-0.39, 0.29) is 0 Å². The van der Waals surface area contributed by atoms with Gasteiger partial charge in [-0.15, -0.1) is 0 Å². The number of aromatic nitrogens is 2. The first-order valence-electron chi connectivity index (χ1n) is 4.99. The highest BCUT2D eigenvalue weighted by Gasteiger charge is 2.14. The number of benzene rings is 1. The first-order chi connectivity index (χ1) is 8.11. The van der Waals surface area contributed by atoms with E-state index in [2.05, 4.69) is 27.1 Å². The molecular weight excluding hydrogens is 282 g/mol. The third kappa shape index (κ3) is 2.32. The van der Waals surface area contributed by atoms with Crippen LogP contribution in [0.4, 0.5) is 0 Å². The largest absolute Gasteiger partial charge is 0.438 e. The van der Waals surface area contributed by atoms with E-state index in [0.717, 1.165) is 4.47 Å². The van der Waals surface area contributed by atoms with Crippen LogP contribution in [-0.2, 0) is 7.05 Å². The summed E-state index contributed by atoms with van der Waals surface area (Å²) in [5, 5.41) is 13.2. The van der Waals surface area contributed by atoms with Crippen molar-refractivity contribution in [2.24, 2.45) is 7.05 Å². The standard InChI is InChI=1S/C12H10BrN3O/c1-8-11(7-14)12(16(2)15-8)17-10-5-3-9(13)4-6-10/h3-6H,1-2H3. The van der Waals surface area contributed by atoms with Gasteiger partial charge in [0.1, 0.15) is 17.4 Å². The lowest BCUT2D eigenvalue weighted by molar-refractivity contribution is 0.429. The molecule has 86 valence electrons. The summed E-state index contributed by atoms with van der Waals surface area (Å²) in [5.41, 5.74) is 1.14. The van der Waals surface area contributed by atoms with Crippen molar-refractivity contribution in [2.45, 2.75) is 6.92 Å². The zero-order valence-electron chi connectivity index (χ0n) is 9.44. The molecule has 0 fully saturated rings. The van der Waals surface area contributed by atoms with Gasteiger partial charge in [0.25, 0.3) is 0 Å². The van der Waals surface area contributed by atoms with E-state index in [1.807, 2.05) is 24.3 Å². The third-order valence-electron chi connectivity index (χ3n) is 2.31. The molecule has 0 spiro atoms. The predicted octanol–water partition coefficient (Wildman–Crippen LogP) is 3.16. The fourth-order valence-corrected chi connectivity index (χ4v) is 1.76. The van der Waals surface area contributed by atoms with Crippen molar-refractivity contribution in [3.05, 3.63) is 40.0 Å². The first-order valence-corrected chi connectivity index (χ1v) is 5.78. The van der Waals surface area contributed by atoms with Crippen molar-refractivity contribution in [3.8, 4) is 17.7 Å². The quantitative estimate of drug-likeness (QED) is 0.854. The summed E-state index contributed by atoms with van der Waals surface area (Å²) in [7, 11) is 1.75. The Hall–Kier alpha value is -1.80. The van der Waals surface area contributed by atoms with Crippen molar-refractivity contribution in [1.82, 2.24) is 9.78 Å². The Morgan fingerprint density at radius 2 is 2.00 bits per heavy atom. The van der Waals surface area contributed by atoms with E-state index in [1.54, 1.807) is 18.7 Å². The molecule has 0 unspecified atom stereocenters. The molecule has 2 rings (SSSR count). The van der Waals surface area contributed by atoms with Gasteiger partial charge in [-0.1, -0.05) is 15.9 Å². The lowest BCUT2D eigenvalue weighted by Crippen LogP contribution is -1.95. The smallest absolute Gasteiger partial charge is 0.235 e. The van der Waals surface area contributed by atoms with E-state index < -0.39 is 0 Å². The van der Waals surface area contributed by atoms with Gasteiger partial charge in [-0.05, 0) is 31.2 Å². The molecular formula is C12H10BrN3O. The Labute approximate surface area is 108 Å². The van der Waals surface area contributed by atoms with Crippen molar-refractivity contribution in [2.75, 3.05) is 0 Å². The number of hydrogen-bond acceptors (Lipinski definition) is 3. The van der Waals surface area contributed by atoms with Crippen LogP contribution in [0.5, 0.6) is 11.6 Å². The Morgan fingerprint density at radius 3 is 2.59 bits per heavy atom. The molecule has 0 amide bonds. The summed E-state index contributed by atoms with van der Waals surface area (Å²) in [6, 6.07) is 9.51. The molecule has 1 aromatic heterocycles. The fraction of sp³-hybridized carbons (Fsp3) is 0.167. The molecule has 0 atom stereocenters. The molecule has 0 radical (unpaired) electrons. The highest BCUT2D eigenvalue weighted by molar-refractivity contribution is 9.10. The number of halogens is 1. The molecule has 0 aliphatic carbocycles. The number of hydrogen-bond donors (Lipinski definition) is 0. The Morgan fingerprint density at radius 1 is 1.35 bits per heavy atom. The average Bonchev–Trinajstić information content (AvgIpc) is 2.57. The maximum atomic E-state index is 9.04. The van der Waals surface area contributed by atoms with Crippen molar-refractivity contribution < 1.29 is 4.74 Å². The van der Waals surface area contributed by atoms with Gasteiger partial charge in [-0.25, -0.2) is 4.68 Å². The van der Waals surface area contributed by atoms with Gasteiger partial charge in [0.05, 0.1) is 5.69 Å². The summed E-state index contributed by atoms with van der Waals surface area (Å²) < 4.78 is 8.21. The lowest BCUT2D eigenvalue weighted by atomic mass is 10.3. The second-order valence-electron chi connectivity index (χ2n) is 3.56. The minimum Gasteiger partial charge on any atom is -0.438 e. The maximum Gasteiger partial charge on any atom is 0.235 e. The van der Waals surface area contributed by atoms with Gasteiger partial charge in [-0.2, -0.15) is 10.4 Å². The molecule has 0 aliphatic heterocycles. The van der Waals surface area contributed by atoms with Crippen LogP contribution in [0.1, 0.15) is 11.3 Å². The van der Waals surface area contributed by atoms with E-state index in [4.69, 9.17) is 10.00 Å².